The number of hydrogen-bond acceptors (Lipinski definition) is 5. The Bertz CT molecular complexity index is 729. The van der Waals surface area contributed by atoms with E-state index in [0.717, 1.165) is 0 Å². The van der Waals surface area contributed by atoms with Crippen LogP contribution in [0.2, 0.25) is 0 Å². The first-order chi connectivity index (χ1) is 11.5. The van der Waals surface area contributed by atoms with Crippen molar-refractivity contribution in [1.29, 1.82) is 0 Å². The number of nitrogens with one attached hydrogen (secondary N) is 2. The fraction of sp³-hybridized carbons (Fsp3) is 0.278. The van der Waals surface area contributed by atoms with Gasteiger partial charge in [0.05, 0.1) is 18.4 Å². The van der Waals surface area contributed by atoms with E-state index < -0.39 is 5.97 Å². The molecule has 2 rings (SSSR count). The normalized spacial score (nSPS) is 10.3. The van der Waals surface area contributed by atoms with Crippen LogP contribution in [0.1, 0.15) is 34.6 Å². The van der Waals surface area contributed by atoms with Crippen LogP contribution in [-0.4, -0.2) is 30.5 Å². The van der Waals surface area contributed by atoms with Crippen LogP contribution in [0.4, 0.5) is 11.5 Å². The second kappa shape index (κ2) is 8.10. The molecular formula is C18H21N3O3. The quantitative estimate of drug-likeness (QED) is 0.797. The monoisotopic (exact) mass is 327 g/mol. The lowest BCUT2D eigenvalue weighted by atomic mass is 10.1. The maximum Gasteiger partial charge on any atom is 0.339 e. The molecule has 0 saturated carbocycles. The summed E-state index contributed by atoms with van der Waals surface area (Å²) in [6.45, 7) is 4.67. The van der Waals surface area contributed by atoms with Crippen LogP contribution >= 0.6 is 0 Å². The molecule has 2 aromatic rings. The van der Waals surface area contributed by atoms with Crippen LogP contribution in [0, 0.1) is 5.92 Å². The minimum atomic E-state index is -0.441. The number of benzene rings is 1. The molecule has 6 nitrogen and oxygen atoms in total. The molecule has 0 atom stereocenters. The fourth-order valence-electron chi connectivity index (χ4n) is 2.06. The van der Waals surface area contributed by atoms with Gasteiger partial charge in [-0.3, -0.25) is 4.79 Å². The number of anilines is 2. The van der Waals surface area contributed by atoms with Crippen molar-refractivity contribution < 1.29 is 14.3 Å². The maximum absolute atomic E-state index is 12.1. The van der Waals surface area contributed by atoms with E-state index >= 15 is 0 Å². The van der Waals surface area contributed by atoms with Crippen LogP contribution in [0.3, 0.4) is 0 Å². The first kappa shape index (κ1) is 17.5. The third kappa shape index (κ3) is 4.55. The van der Waals surface area contributed by atoms with Crippen molar-refractivity contribution in [3.8, 4) is 0 Å². The van der Waals surface area contributed by atoms with E-state index in [1.807, 2.05) is 13.8 Å². The summed E-state index contributed by atoms with van der Waals surface area (Å²) in [5.41, 5.74) is 1.47. The molecule has 24 heavy (non-hydrogen) atoms. The molecule has 0 saturated heterocycles. The molecule has 1 heterocycles. The fourth-order valence-corrected chi connectivity index (χ4v) is 2.06. The van der Waals surface area contributed by atoms with Crippen LogP contribution in [0.5, 0.6) is 0 Å². The molecule has 1 aromatic heterocycles. The van der Waals surface area contributed by atoms with E-state index in [4.69, 9.17) is 4.74 Å². The van der Waals surface area contributed by atoms with E-state index in [0.29, 0.717) is 35.1 Å². The van der Waals surface area contributed by atoms with Gasteiger partial charge in [0.2, 0.25) is 0 Å². The average Bonchev–Trinajstić information content (AvgIpc) is 2.59. The zero-order chi connectivity index (χ0) is 17.5. The van der Waals surface area contributed by atoms with Gasteiger partial charge in [-0.05, 0) is 30.2 Å². The van der Waals surface area contributed by atoms with Gasteiger partial charge in [0.15, 0.2) is 0 Å². The molecule has 0 aliphatic heterocycles. The number of rotatable bonds is 6. The average molecular weight is 327 g/mol. The highest BCUT2D eigenvalue weighted by atomic mass is 16.5. The summed E-state index contributed by atoms with van der Waals surface area (Å²) in [5.74, 6) is 0.253. The van der Waals surface area contributed by atoms with E-state index in [2.05, 4.69) is 15.6 Å². The van der Waals surface area contributed by atoms with Crippen molar-refractivity contribution in [3.05, 3.63) is 53.7 Å². The van der Waals surface area contributed by atoms with Gasteiger partial charge in [-0.15, -0.1) is 0 Å². The third-order valence-electron chi connectivity index (χ3n) is 3.29. The van der Waals surface area contributed by atoms with Crippen molar-refractivity contribution >= 4 is 23.4 Å². The molecule has 0 spiro atoms. The van der Waals surface area contributed by atoms with E-state index in [1.165, 1.54) is 7.11 Å². The van der Waals surface area contributed by atoms with Gasteiger partial charge in [-0.25, -0.2) is 9.78 Å². The molecule has 0 aliphatic rings. The highest BCUT2D eigenvalue weighted by Crippen LogP contribution is 2.20. The molecule has 1 amide bonds. The minimum absolute atomic E-state index is 0.157. The lowest BCUT2D eigenvalue weighted by Gasteiger charge is -2.11. The number of amides is 1. The van der Waals surface area contributed by atoms with Gasteiger partial charge < -0.3 is 15.4 Å². The molecule has 0 unspecified atom stereocenters. The summed E-state index contributed by atoms with van der Waals surface area (Å²) in [7, 11) is 1.33. The summed E-state index contributed by atoms with van der Waals surface area (Å²) < 4.78 is 4.77. The van der Waals surface area contributed by atoms with Gasteiger partial charge >= 0.3 is 5.97 Å². The van der Waals surface area contributed by atoms with E-state index in [1.54, 1.807) is 42.6 Å². The number of methoxy groups -OCH3 is 1. The zero-order valence-corrected chi connectivity index (χ0v) is 14.0. The Labute approximate surface area is 141 Å². The van der Waals surface area contributed by atoms with Crippen molar-refractivity contribution in [1.82, 2.24) is 10.3 Å². The van der Waals surface area contributed by atoms with Crippen molar-refractivity contribution in [2.75, 3.05) is 19.0 Å². The van der Waals surface area contributed by atoms with E-state index in [9.17, 15) is 9.59 Å². The SMILES string of the molecule is COC(=O)c1ccccc1Nc1cc(C(=O)NCC(C)C)ccn1. The summed E-state index contributed by atoms with van der Waals surface area (Å²) >= 11 is 0. The van der Waals surface area contributed by atoms with E-state index in [-0.39, 0.29) is 5.91 Å². The number of para-hydroxylation sites is 1. The highest BCUT2D eigenvalue weighted by Gasteiger charge is 2.12. The number of carbonyl (C=O) groups excluding carboxylic acids is 2. The Kier molecular flexibility index (Phi) is 5.89. The third-order valence-corrected chi connectivity index (χ3v) is 3.29. The summed E-state index contributed by atoms with van der Waals surface area (Å²) in [6, 6.07) is 10.2. The van der Waals surface area contributed by atoms with Gasteiger partial charge in [-0.1, -0.05) is 26.0 Å². The van der Waals surface area contributed by atoms with Gasteiger partial charge in [0.1, 0.15) is 5.82 Å². The maximum atomic E-state index is 12.1. The first-order valence-corrected chi connectivity index (χ1v) is 7.70. The molecule has 1 aromatic carbocycles. The predicted octanol–water partition coefficient (Wildman–Crippen LogP) is 3.00. The molecule has 6 heteroatoms. The Balaban J connectivity index is 2.18. The number of hydrogen-bond donors (Lipinski definition) is 2. The number of nitrogens with zero attached hydrogens (tertiary/aromatic N) is 1. The Hall–Kier alpha value is -2.89. The summed E-state index contributed by atoms with van der Waals surface area (Å²) in [6.07, 6.45) is 1.55. The first-order valence-electron chi connectivity index (χ1n) is 7.70. The highest BCUT2D eigenvalue weighted by molar-refractivity contribution is 5.97. The second-order valence-electron chi connectivity index (χ2n) is 5.70. The van der Waals surface area contributed by atoms with Gasteiger partial charge in [0.25, 0.3) is 5.91 Å². The Morgan fingerprint density at radius 3 is 2.67 bits per heavy atom. The lowest BCUT2D eigenvalue weighted by molar-refractivity contribution is 0.0601. The Morgan fingerprint density at radius 2 is 1.96 bits per heavy atom. The van der Waals surface area contributed by atoms with Crippen molar-refractivity contribution in [2.24, 2.45) is 5.92 Å². The van der Waals surface area contributed by atoms with Crippen LogP contribution in [0.15, 0.2) is 42.6 Å². The minimum Gasteiger partial charge on any atom is -0.465 e. The second-order valence-corrected chi connectivity index (χ2v) is 5.70. The number of aromatic nitrogens is 1. The molecule has 2 N–H and O–H groups in total. The van der Waals surface area contributed by atoms with Crippen LogP contribution in [0.25, 0.3) is 0 Å². The largest absolute Gasteiger partial charge is 0.465 e. The number of pyridine rings is 1. The zero-order valence-electron chi connectivity index (χ0n) is 14.0. The molecule has 0 bridgehead atoms. The topological polar surface area (TPSA) is 80.3 Å². The smallest absolute Gasteiger partial charge is 0.339 e. The van der Waals surface area contributed by atoms with Crippen molar-refractivity contribution in [3.63, 3.8) is 0 Å². The molecule has 126 valence electrons. The Morgan fingerprint density at radius 1 is 1.21 bits per heavy atom. The number of ether oxygens (including phenoxy) is 1. The molecule has 0 fully saturated rings. The van der Waals surface area contributed by atoms with Crippen LogP contribution < -0.4 is 10.6 Å². The predicted molar refractivity (Wildman–Crippen MR) is 92.5 cm³/mol. The van der Waals surface area contributed by atoms with Crippen molar-refractivity contribution in [2.45, 2.75) is 13.8 Å². The summed E-state index contributed by atoms with van der Waals surface area (Å²) in [4.78, 5) is 28.1. The number of esters is 1. The van der Waals surface area contributed by atoms with Gasteiger partial charge in [-0.2, -0.15) is 0 Å². The van der Waals surface area contributed by atoms with Gasteiger partial charge in [0, 0.05) is 18.3 Å². The molecule has 0 aliphatic carbocycles. The summed E-state index contributed by atoms with van der Waals surface area (Å²) in [5, 5.41) is 5.92. The number of carbonyl (C=O) groups is 2. The van der Waals surface area contributed by atoms with Crippen LogP contribution in [-0.2, 0) is 4.74 Å². The molecular weight excluding hydrogens is 306 g/mol. The molecule has 0 radical (unpaired) electrons. The standard InChI is InChI=1S/C18H21N3O3/c1-12(2)11-20-17(22)13-8-9-19-16(10-13)21-15-7-5-4-6-14(15)18(23)24-3/h4-10,12H,11H2,1-3H3,(H,19,21)(H,20,22). The lowest BCUT2D eigenvalue weighted by Crippen LogP contribution is -2.27.